The van der Waals surface area contributed by atoms with Gasteiger partial charge in [-0.15, -0.1) is 11.3 Å². The van der Waals surface area contributed by atoms with Crippen molar-refractivity contribution in [2.45, 2.75) is 38.5 Å². The highest BCUT2D eigenvalue weighted by Crippen LogP contribution is 2.33. The van der Waals surface area contributed by atoms with Gasteiger partial charge in [0.25, 0.3) is 11.5 Å². The molecule has 0 saturated carbocycles. The maximum atomic E-state index is 12.5. The molecule has 1 N–H and O–H groups in total. The van der Waals surface area contributed by atoms with Crippen LogP contribution in [0, 0.1) is 0 Å². The number of aromatic nitrogens is 2. The lowest BCUT2D eigenvalue weighted by molar-refractivity contribution is -0.153. The molecule has 9 heteroatoms. The standard InChI is InChI=1S/C19H23N3O5S/c23-15(22-7-9-26-10-8-22)11-27-16(24)6-5-14-20-18(25)17-12-3-1-2-4-13(12)28-19(17)21-14/h1-11H2,(H,20,21,25). The Hall–Kier alpha value is -2.26. The quantitative estimate of drug-likeness (QED) is 0.750. The molecule has 3 heterocycles. The van der Waals surface area contributed by atoms with E-state index in [9.17, 15) is 14.4 Å². The molecule has 2 aromatic rings. The Bertz CT molecular complexity index is 945. The summed E-state index contributed by atoms with van der Waals surface area (Å²) in [5, 5.41) is 0.710. The summed E-state index contributed by atoms with van der Waals surface area (Å²) in [7, 11) is 0. The van der Waals surface area contributed by atoms with Crippen molar-refractivity contribution in [2.24, 2.45) is 0 Å². The Kier molecular flexibility index (Phi) is 5.72. The number of amides is 1. The van der Waals surface area contributed by atoms with Gasteiger partial charge in [0.05, 0.1) is 25.0 Å². The zero-order chi connectivity index (χ0) is 19.5. The maximum Gasteiger partial charge on any atom is 0.306 e. The van der Waals surface area contributed by atoms with E-state index in [1.807, 2.05) is 0 Å². The van der Waals surface area contributed by atoms with Crippen molar-refractivity contribution in [1.82, 2.24) is 14.9 Å². The van der Waals surface area contributed by atoms with Gasteiger partial charge in [0.1, 0.15) is 10.7 Å². The molecule has 28 heavy (non-hydrogen) atoms. The van der Waals surface area contributed by atoms with Gasteiger partial charge in [-0.1, -0.05) is 0 Å². The summed E-state index contributed by atoms with van der Waals surface area (Å²) in [6.45, 7) is 1.79. The largest absolute Gasteiger partial charge is 0.456 e. The minimum atomic E-state index is -0.477. The number of hydrogen-bond acceptors (Lipinski definition) is 7. The van der Waals surface area contributed by atoms with Crippen molar-refractivity contribution in [3.63, 3.8) is 0 Å². The molecule has 1 amide bonds. The van der Waals surface area contributed by atoms with Crippen LogP contribution in [0.5, 0.6) is 0 Å². The first-order valence-corrected chi connectivity index (χ1v) is 10.5. The Morgan fingerprint density at radius 1 is 1.21 bits per heavy atom. The average molecular weight is 405 g/mol. The first-order valence-electron chi connectivity index (χ1n) is 9.66. The summed E-state index contributed by atoms with van der Waals surface area (Å²) in [6, 6.07) is 0. The topological polar surface area (TPSA) is 102 Å². The molecule has 1 saturated heterocycles. The second-order valence-electron chi connectivity index (χ2n) is 7.06. The van der Waals surface area contributed by atoms with Crippen molar-refractivity contribution in [1.29, 1.82) is 0 Å². The number of aromatic amines is 1. The SMILES string of the molecule is O=C(CCc1nc2sc3c(c2c(=O)[nH]1)CCCC3)OCC(=O)N1CCOCC1. The van der Waals surface area contributed by atoms with Crippen molar-refractivity contribution in [2.75, 3.05) is 32.9 Å². The Morgan fingerprint density at radius 3 is 2.82 bits per heavy atom. The molecule has 2 aliphatic rings. The predicted octanol–water partition coefficient (Wildman–Crippen LogP) is 1.20. The molecule has 0 spiro atoms. The number of esters is 1. The minimum Gasteiger partial charge on any atom is -0.456 e. The number of H-pyrrole nitrogens is 1. The maximum absolute atomic E-state index is 12.5. The molecule has 0 radical (unpaired) electrons. The van der Waals surface area contributed by atoms with Crippen molar-refractivity contribution >= 4 is 33.4 Å². The van der Waals surface area contributed by atoms with E-state index in [1.54, 1.807) is 16.2 Å². The number of nitrogens with zero attached hydrogens (tertiary/aromatic N) is 2. The molecule has 1 aliphatic heterocycles. The number of rotatable bonds is 5. The fraction of sp³-hybridized carbons (Fsp3) is 0.579. The molecule has 1 fully saturated rings. The number of morpholine rings is 1. The van der Waals surface area contributed by atoms with Crippen LogP contribution in [0.15, 0.2) is 4.79 Å². The van der Waals surface area contributed by atoms with Gasteiger partial charge in [-0.25, -0.2) is 4.98 Å². The number of ether oxygens (including phenoxy) is 2. The second-order valence-corrected chi connectivity index (χ2v) is 8.14. The Labute approximate surface area is 165 Å². The minimum absolute atomic E-state index is 0.0654. The van der Waals surface area contributed by atoms with E-state index in [4.69, 9.17) is 9.47 Å². The van der Waals surface area contributed by atoms with E-state index in [0.717, 1.165) is 36.1 Å². The number of hydrogen-bond donors (Lipinski definition) is 1. The highest BCUT2D eigenvalue weighted by molar-refractivity contribution is 7.18. The van der Waals surface area contributed by atoms with Crippen LogP contribution in [0.25, 0.3) is 10.2 Å². The second kappa shape index (κ2) is 8.40. The van der Waals surface area contributed by atoms with Crippen molar-refractivity contribution < 1.29 is 19.1 Å². The number of fused-ring (bicyclic) bond motifs is 3. The summed E-state index contributed by atoms with van der Waals surface area (Å²) < 4.78 is 10.3. The number of carbonyl (C=O) groups excluding carboxylic acids is 2. The van der Waals surface area contributed by atoms with Crippen molar-refractivity contribution in [3.8, 4) is 0 Å². The van der Waals surface area contributed by atoms with E-state index in [-0.39, 0.29) is 30.9 Å². The molecule has 2 aromatic heterocycles. The summed E-state index contributed by atoms with van der Waals surface area (Å²) in [5.41, 5.74) is 1.02. The smallest absolute Gasteiger partial charge is 0.306 e. The third-order valence-electron chi connectivity index (χ3n) is 5.16. The van der Waals surface area contributed by atoms with Crippen LogP contribution in [-0.2, 0) is 38.3 Å². The Balaban J connectivity index is 1.34. The molecule has 0 atom stereocenters. The summed E-state index contributed by atoms with van der Waals surface area (Å²) in [4.78, 5) is 47.5. The van der Waals surface area contributed by atoms with Gasteiger partial charge >= 0.3 is 5.97 Å². The van der Waals surface area contributed by atoms with Gasteiger partial charge in [-0.05, 0) is 31.2 Å². The first kappa shape index (κ1) is 19.1. The third kappa shape index (κ3) is 4.10. The van der Waals surface area contributed by atoms with E-state index in [0.29, 0.717) is 37.5 Å². The monoisotopic (exact) mass is 405 g/mol. The van der Waals surface area contributed by atoms with Gasteiger partial charge in [-0.3, -0.25) is 14.4 Å². The lowest BCUT2D eigenvalue weighted by Gasteiger charge is -2.26. The van der Waals surface area contributed by atoms with Crippen LogP contribution in [-0.4, -0.2) is 59.7 Å². The van der Waals surface area contributed by atoms with Crippen LogP contribution in [0.4, 0.5) is 0 Å². The Morgan fingerprint density at radius 2 is 2.00 bits per heavy atom. The molecular formula is C19H23N3O5S. The fourth-order valence-electron chi connectivity index (χ4n) is 3.67. The zero-order valence-corrected chi connectivity index (χ0v) is 16.4. The average Bonchev–Trinajstić information content (AvgIpc) is 3.10. The number of aryl methyl sites for hydroxylation is 3. The molecule has 1 aliphatic carbocycles. The molecule has 0 bridgehead atoms. The third-order valence-corrected chi connectivity index (χ3v) is 6.35. The van der Waals surface area contributed by atoms with E-state index < -0.39 is 5.97 Å². The highest BCUT2D eigenvalue weighted by Gasteiger charge is 2.21. The van der Waals surface area contributed by atoms with Crippen molar-refractivity contribution in [3.05, 3.63) is 26.6 Å². The number of nitrogens with one attached hydrogen (secondary N) is 1. The van der Waals surface area contributed by atoms with Gasteiger partial charge in [-0.2, -0.15) is 0 Å². The number of thiophene rings is 1. The lowest BCUT2D eigenvalue weighted by Crippen LogP contribution is -2.42. The highest BCUT2D eigenvalue weighted by atomic mass is 32.1. The molecular weight excluding hydrogens is 382 g/mol. The van der Waals surface area contributed by atoms with Crippen LogP contribution in [0.3, 0.4) is 0 Å². The molecule has 0 aromatic carbocycles. The molecule has 8 nitrogen and oxygen atoms in total. The molecule has 0 unspecified atom stereocenters. The van der Waals surface area contributed by atoms with Gasteiger partial charge < -0.3 is 19.4 Å². The van der Waals surface area contributed by atoms with E-state index in [1.165, 1.54) is 4.88 Å². The van der Waals surface area contributed by atoms with Crippen LogP contribution in [0.1, 0.15) is 35.5 Å². The fourth-order valence-corrected chi connectivity index (χ4v) is 4.95. The lowest BCUT2D eigenvalue weighted by atomic mass is 9.97. The normalized spacial score (nSPS) is 16.8. The zero-order valence-electron chi connectivity index (χ0n) is 15.6. The van der Waals surface area contributed by atoms with Gasteiger partial charge in [0.15, 0.2) is 6.61 Å². The summed E-state index contributed by atoms with van der Waals surface area (Å²) in [6.07, 6.45) is 4.54. The van der Waals surface area contributed by atoms with Crippen LogP contribution in [0.2, 0.25) is 0 Å². The van der Waals surface area contributed by atoms with E-state index >= 15 is 0 Å². The molecule has 4 rings (SSSR count). The molecule has 150 valence electrons. The number of carbonyl (C=O) groups is 2. The van der Waals surface area contributed by atoms with Gasteiger partial charge in [0.2, 0.25) is 0 Å². The van der Waals surface area contributed by atoms with Gasteiger partial charge in [0, 0.05) is 24.4 Å². The first-order chi connectivity index (χ1) is 13.6. The van der Waals surface area contributed by atoms with Crippen LogP contribution < -0.4 is 5.56 Å². The summed E-state index contributed by atoms with van der Waals surface area (Å²) in [5.74, 6) is -0.212. The van der Waals surface area contributed by atoms with Crippen LogP contribution >= 0.6 is 11.3 Å². The van der Waals surface area contributed by atoms with E-state index in [2.05, 4.69) is 9.97 Å². The summed E-state index contributed by atoms with van der Waals surface area (Å²) >= 11 is 1.58. The predicted molar refractivity (Wildman–Crippen MR) is 104 cm³/mol.